The molecule has 0 atom stereocenters. The molecule has 0 aliphatic rings. The van der Waals surface area contributed by atoms with Crippen LogP contribution in [-0.4, -0.2) is 27.2 Å². The number of amides is 1. The quantitative estimate of drug-likeness (QED) is 0.865. The third kappa shape index (κ3) is 3.88. The first kappa shape index (κ1) is 17.9. The summed E-state index contributed by atoms with van der Waals surface area (Å²) in [4.78, 5) is 11.5. The molecule has 2 rings (SSSR count). The molecular formula is C16H15F2NO4S. The molecule has 0 aromatic heterocycles. The number of anilines is 1. The zero-order valence-corrected chi connectivity index (χ0v) is 13.5. The number of sulfone groups is 1. The smallest absolute Gasteiger partial charge is 0.341 e. The van der Waals surface area contributed by atoms with E-state index in [9.17, 15) is 22.0 Å². The third-order valence-electron chi connectivity index (χ3n) is 3.25. The molecule has 0 saturated heterocycles. The van der Waals surface area contributed by atoms with Crippen LogP contribution in [-0.2, 0) is 21.1 Å². The second kappa shape index (κ2) is 7.39. The van der Waals surface area contributed by atoms with Crippen molar-refractivity contribution in [2.24, 2.45) is 0 Å². The fraction of sp³-hybridized carbons (Fsp3) is 0.188. The predicted molar refractivity (Wildman–Crippen MR) is 85.0 cm³/mol. The summed E-state index contributed by atoms with van der Waals surface area (Å²) in [6.07, 6.45) is -0.0902. The van der Waals surface area contributed by atoms with Gasteiger partial charge in [-0.05, 0) is 18.2 Å². The molecule has 0 unspecified atom stereocenters. The van der Waals surface area contributed by atoms with Gasteiger partial charge in [0.05, 0.1) is 24.1 Å². The lowest BCUT2D eigenvalue weighted by Crippen LogP contribution is -2.19. The zero-order chi connectivity index (χ0) is 17.7. The Bertz CT molecular complexity index is 837. The zero-order valence-electron chi connectivity index (χ0n) is 12.7. The minimum Gasteiger partial charge on any atom is -0.496 e. The Morgan fingerprint density at radius 1 is 1.12 bits per heavy atom. The van der Waals surface area contributed by atoms with Gasteiger partial charge in [0.2, 0.25) is 15.7 Å². The van der Waals surface area contributed by atoms with Gasteiger partial charge in [-0.1, -0.05) is 30.3 Å². The Balaban J connectivity index is 2.25. The maximum Gasteiger partial charge on any atom is 0.341 e. The molecule has 8 heteroatoms. The number of nitrogens with one attached hydrogen (secondary N) is 1. The van der Waals surface area contributed by atoms with E-state index < -0.39 is 26.4 Å². The van der Waals surface area contributed by atoms with Crippen molar-refractivity contribution in [3.8, 4) is 5.75 Å². The molecule has 0 aliphatic heterocycles. The normalized spacial score (nSPS) is 11.3. The van der Waals surface area contributed by atoms with Crippen LogP contribution < -0.4 is 10.1 Å². The largest absolute Gasteiger partial charge is 0.496 e. The van der Waals surface area contributed by atoms with E-state index in [0.717, 1.165) is 6.07 Å². The van der Waals surface area contributed by atoms with E-state index in [1.54, 1.807) is 24.3 Å². The number of carbonyl (C=O) groups excluding carboxylic acids is 1. The summed E-state index contributed by atoms with van der Waals surface area (Å²) < 4.78 is 54.0. The Kier molecular flexibility index (Phi) is 5.50. The van der Waals surface area contributed by atoms with Crippen LogP contribution in [0.5, 0.6) is 5.75 Å². The summed E-state index contributed by atoms with van der Waals surface area (Å²) in [6, 6.07) is 11.9. The summed E-state index contributed by atoms with van der Waals surface area (Å²) in [5.74, 6) is -3.61. The molecule has 24 heavy (non-hydrogen) atoms. The molecule has 0 aliphatic carbocycles. The molecule has 1 amide bonds. The molecule has 2 aromatic carbocycles. The topological polar surface area (TPSA) is 72.5 Å². The van der Waals surface area contributed by atoms with Gasteiger partial charge in [-0.25, -0.2) is 8.42 Å². The van der Waals surface area contributed by atoms with Crippen LogP contribution >= 0.6 is 0 Å². The monoisotopic (exact) mass is 355 g/mol. The molecule has 0 bridgehead atoms. The average Bonchev–Trinajstić information content (AvgIpc) is 2.55. The van der Waals surface area contributed by atoms with Gasteiger partial charge in [-0.3, -0.25) is 4.79 Å². The van der Waals surface area contributed by atoms with Crippen molar-refractivity contribution in [3.63, 3.8) is 0 Å². The highest BCUT2D eigenvalue weighted by molar-refractivity contribution is 7.91. The minimum atomic E-state index is -4.81. The van der Waals surface area contributed by atoms with Crippen molar-refractivity contribution in [2.45, 2.75) is 17.1 Å². The van der Waals surface area contributed by atoms with Crippen LogP contribution in [0.3, 0.4) is 0 Å². The van der Waals surface area contributed by atoms with E-state index >= 15 is 0 Å². The molecule has 0 heterocycles. The lowest BCUT2D eigenvalue weighted by molar-refractivity contribution is -0.115. The van der Waals surface area contributed by atoms with Crippen molar-refractivity contribution < 1.29 is 26.7 Å². The van der Waals surface area contributed by atoms with E-state index in [0.29, 0.717) is 11.3 Å². The van der Waals surface area contributed by atoms with E-state index in [1.807, 2.05) is 0 Å². The van der Waals surface area contributed by atoms with Crippen molar-refractivity contribution in [2.75, 3.05) is 12.4 Å². The lowest BCUT2D eigenvalue weighted by atomic mass is 10.1. The van der Waals surface area contributed by atoms with Gasteiger partial charge in [-0.2, -0.15) is 8.78 Å². The first-order chi connectivity index (χ1) is 11.4. The second-order valence-electron chi connectivity index (χ2n) is 4.84. The standard InChI is InChI=1S/C16H15F2NO4S/c1-23-13-8-4-2-6-11(13)10-15(20)19-12-7-3-5-9-14(12)24(21,22)16(17)18/h2-9,16H,10H2,1H3,(H,19,20). The Hall–Kier alpha value is -2.48. The number of ether oxygens (including phenoxy) is 1. The molecule has 0 radical (unpaired) electrons. The van der Waals surface area contributed by atoms with Crippen LogP contribution in [0, 0.1) is 0 Å². The van der Waals surface area contributed by atoms with Crippen LogP contribution in [0.15, 0.2) is 53.4 Å². The molecule has 128 valence electrons. The lowest BCUT2D eigenvalue weighted by Gasteiger charge is -2.12. The summed E-state index contributed by atoms with van der Waals surface area (Å²) in [5, 5.41) is 2.36. The van der Waals surface area contributed by atoms with Crippen molar-refractivity contribution in [3.05, 3.63) is 54.1 Å². The van der Waals surface area contributed by atoms with Crippen LogP contribution in [0.2, 0.25) is 0 Å². The van der Waals surface area contributed by atoms with E-state index in [2.05, 4.69) is 5.32 Å². The van der Waals surface area contributed by atoms with Gasteiger partial charge in [0.25, 0.3) is 0 Å². The number of alkyl halides is 2. The Morgan fingerprint density at radius 3 is 2.42 bits per heavy atom. The molecule has 5 nitrogen and oxygen atoms in total. The maximum atomic E-state index is 12.7. The maximum absolute atomic E-state index is 12.7. The molecular weight excluding hydrogens is 340 g/mol. The highest BCUT2D eigenvalue weighted by atomic mass is 32.2. The molecule has 0 saturated carbocycles. The fourth-order valence-electron chi connectivity index (χ4n) is 2.13. The number of methoxy groups -OCH3 is 1. The number of carbonyl (C=O) groups is 1. The van der Waals surface area contributed by atoms with Crippen molar-refractivity contribution >= 4 is 21.4 Å². The van der Waals surface area contributed by atoms with Crippen LogP contribution in [0.25, 0.3) is 0 Å². The first-order valence-corrected chi connectivity index (χ1v) is 8.43. The van der Waals surface area contributed by atoms with Gasteiger partial charge in [0, 0.05) is 5.56 Å². The number of hydrogen-bond acceptors (Lipinski definition) is 4. The number of halogens is 2. The van der Waals surface area contributed by atoms with Gasteiger partial charge in [0.1, 0.15) is 5.75 Å². The molecule has 0 fully saturated rings. The van der Waals surface area contributed by atoms with Gasteiger partial charge in [-0.15, -0.1) is 0 Å². The van der Waals surface area contributed by atoms with Crippen LogP contribution in [0.1, 0.15) is 5.56 Å². The van der Waals surface area contributed by atoms with E-state index in [1.165, 1.54) is 25.3 Å². The summed E-state index contributed by atoms with van der Waals surface area (Å²) in [7, 11) is -3.35. The number of hydrogen-bond donors (Lipinski definition) is 1. The third-order valence-corrected chi connectivity index (χ3v) is 4.68. The second-order valence-corrected chi connectivity index (χ2v) is 6.72. The predicted octanol–water partition coefficient (Wildman–Crippen LogP) is 2.87. The highest BCUT2D eigenvalue weighted by Gasteiger charge is 2.29. The minimum absolute atomic E-state index is 0.0902. The van der Waals surface area contributed by atoms with Crippen molar-refractivity contribution in [1.29, 1.82) is 0 Å². The molecule has 0 spiro atoms. The number of rotatable bonds is 6. The summed E-state index contributed by atoms with van der Waals surface area (Å²) >= 11 is 0. The Morgan fingerprint density at radius 2 is 1.75 bits per heavy atom. The number of para-hydroxylation sites is 2. The first-order valence-electron chi connectivity index (χ1n) is 6.89. The Labute approximate surface area is 138 Å². The summed E-state index contributed by atoms with van der Waals surface area (Å²) in [5.41, 5.74) is 0.407. The van der Waals surface area contributed by atoms with Gasteiger partial charge in [0.15, 0.2) is 0 Å². The van der Waals surface area contributed by atoms with Gasteiger partial charge < -0.3 is 10.1 Å². The van der Waals surface area contributed by atoms with E-state index in [-0.39, 0.29) is 12.1 Å². The average molecular weight is 355 g/mol. The molecule has 1 N–H and O–H groups in total. The van der Waals surface area contributed by atoms with Crippen molar-refractivity contribution in [1.82, 2.24) is 0 Å². The van der Waals surface area contributed by atoms with E-state index in [4.69, 9.17) is 4.74 Å². The molecule has 2 aromatic rings. The number of benzene rings is 2. The summed E-state index contributed by atoms with van der Waals surface area (Å²) in [6.45, 7) is 0. The van der Waals surface area contributed by atoms with Gasteiger partial charge >= 0.3 is 5.76 Å². The SMILES string of the molecule is COc1ccccc1CC(=O)Nc1ccccc1S(=O)(=O)C(F)F. The highest BCUT2D eigenvalue weighted by Crippen LogP contribution is 2.26. The van der Waals surface area contributed by atoms with Crippen LogP contribution in [0.4, 0.5) is 14.5 Å². The fourth-order valence-corrected chi connectivity index (χ4v) is 3.02.